The fraction of sp³-hybridized carbons (Fsp3) is 0.100. The first-order valence-corrected chi connectivity index (χ1v) is 6.34. The molecule has 6 heteroatoms. The van der Waals surface area contributed by atoms with Crippen LogP contribution in [0, 0.1) is 3.57 Å². The molecular weight excluding hydrogens is 387 g/mol. The summed E-state index contributed by atoms with van der Waals surface area (Å²) in [5.74, 6) is 0.397. The number of halogens is 2. The molecule has 1 N–H and O–H groups in total. The van der Waals surface area contributed by atoms with E-state index in [-0.39, 0.29) is 0 Å². The number of benzene rings is 1. The molecule has 84 valence electrons. The van der Waals surface area contributed by atoms with Crippen molar-refractivity contribution >= 4 is 38.5 Å². The lowest BCUT2D eigenvalue weighted by molar-refractivity contribution is 0.141. The predicted molar refractivity (Wildman–Crippen MR) is 70.6 cm³/mol. The van der Waals surface area contributed by atoms with Crippen molar-refractivity contribution in [2.24, 2.45) is 0 Å². The molecule has 0 amide bonds. The molecule has 0 bridgehead atoms. The van der Waals surface area contributed by atoms with Gasteiger partial charge in [0.15, 0.2) is 0 Å². The van der Waals surface area contributed by atoms with Crippen molar-refractivity contribution in [3.05, 3.63) is 44.1 Å². The SMILES string of the molecule is On1ccc(OCc2c(Br)cccc2I)n1. The normalized spacial score (nSPS) is 10.4. The lowest BCUT2D eigenvalue weighted by atomic mass is 10.2. The maximum Gasteiger partial charge on any atom is 0.236 e. The van der Waals surface area contributed by atoms with E-state index in [2.05, 4.69) is 43.6 Å². The van der Waals surface area contributed by atoms with Crippen LogP contribution < -0.4 is 4.74 Å². The van der Waals surface area contributed by atoms with Crippen LogP contribution in [-0.2, 0) is 6.61 Å². The fourth-order valence-corrected chi connectivity index (χ4v) is 2.70. The molecule has 0 aliphatic carbocycles. The number of hydrogen-bond acceptors (Lipinski definition) is 3. The Morgan fingerprint density at radius 3 is 2.88 bits per heavy atom. The summed E-state index contributed by atoms with van der Waals surface area (Å²) in [5, 5.41) is 12.7. The third-order valence-corrected chi connectivity index (χ3v) is 3.73. The van der Waals surface area contributed by atoms with Crippen LogP contribution in [0.4, 0.5) is 0 Å². The minimum Gasteiger partial charge on any atom is -0.472 e. The lowest BCUT2D eigenvalue weighted by Crippen LogP contribution is -2.00. The standard InChI is InChI=1S/C10H8BrIN2O2/c11-8-2-1-3-9(12)7(8)6-16-10-4-5-14(15)13-10/h1-5,15H,6H2. The second kappa shape index (κ2) is 5.05. The Balaban J connectivity index is 2.10. The van der Waals surface area contributed by atoms with Crippen LogP contribution in [0.15, 0.2) is 34.9 Å². The number of aromatic nitrogens is 2. The van der Waals surface area contributed by atoms with Gasteiger partial charge in [-0.25, -0.2) is 0 Å². The zero-order valence-corrected chi connectivity index (χ0v) is 11.8. The second-order valence-corrected chi connectivity index (χ2v) is 5.08. The molecule has 1 heterocycles. The summed E-state index contributed by atoms with van der Waals surface area (Å²) in [5.41, 5.74) is 1.07. The van der Waals surface area contributed by atoms with Gasteiger partial charge in [0, 0.05) is 19.7 Å². The molecule has 0 aliphatic rings. The summed E-state index contributed by atoms with van der Waals surface area (Å²) in [6.07, 6.45) is 1.42. The minimum absolute atomic E-state index is 0.397. The van der Waals surface area contributed by atoms with E-state index in [9.17, 15) is 0 Å². The van der Waals surface area contributed by atoms with Crippen molar-refractivity contribution in [2.45, 2.75) is 6.61 Å². The molecule has 0 fully saturated rings. The fourth-order valence-electron chi connectivity index (χ4n) is 1.19. The highest BCUT2D eigenvalue weighted by Crippen LogP contribution is 2.23. The highest BCUT2D eigenvalue weighted by Gasteiger charge is 2.06. The van der Waals surface area contributed by atoms with Gasteiger partial charge in [0.1, 0.15) is 6.61 Å². The van der Waals surface area contributed by atoms with Gasteiger partial charge >= 0.3 is 0 Å². The Kier molecular flexibility index (Phi) is 3.70. The van der Waals surface area contributed by atoms with E-state index in [0.717, 1.165) is 18.5 Å². The molecule has 0 aliphatic heterocycles. The van der Waals surface area contributed by atoms with Crippen LogP contribution >= 0.6 is 38.5 Å². The summed E-state index contributed by atoms with van der Waals surface area (Å²) >= 11 is 5.72. The molecule has 1 aromatic heterocycles. The van der Waals surface area contributed by atoms with Crippen molar-refractivity contribution in [2.75, 3.05) is 0 Å². The highest BCUT2D eigenvalue weighted by atomic mass is 127. The summed E-state index contributed by atoms with van der Waals surface area (Å²) in [6.45, 7) is 0.413. The van der Waals surface area contributed by atoms with Gasteiger partial charge in [0.25, 0.3) is 0 Å². The minimum atomic E-state index is 0.397. The van der Waals surface area contributed by atoms with Gasteiger partial charge in [-0.15, -0.1) is 4.85 Å². The van der Waals surface area contributed by atoms with E-state index in [1.165, 1.54) is 6.20 Å². The molecule has 0 atom stereocenters. The molecule has 0 saturated heterocycles. The van der Waals surface area contributed by atoms with Gasteiger partial charge in [-0.1, -0.05) is 27.1 Å². The monoisotopic (exact) mass is 394 g/mol. The van der Waals surface area contributed by atoms with Crippen LogP contribution in [-0.4, -0.2) is 15.2 Å². The van der Waals surface area contributed by atoms with Crippen LogP contribution in [0.25, 0.3) is 0 Å². The number of hydrogen-bond donors (Lipinski definition) is 1. The molecule has 2 rings (SSSR count). The van der Waals surface area contributed by atoms with E-state index in [1.54, 1.807) is 6.07 Å². The third-order valence-electron chi connectivity index (χ3n) is 1.98. The average Bonchev–Trinajstić information content (AvgIpc) is 2.63. The van der Waals surface area contributed by atoms with Crippen molar-refractivity contribution < 1.29 is 9.94 Å². The van der Waals surface area contributed by atoms with Crippen molar-refractivity contribution in [1.29, 1.82) is 0 Å². The average molecular weight is 395 g/mol. The molecule has 0 unspecified atom stereocenters. The lowest BCUT2D eigenvalue weighted by Gasteiger charge is -2.07. The summed E-state index contributed by atoms with van der Waals surface area (Å²) < 4.78 is 7.57. The van der Waals surface area contributed by atoms with Crippen molar-refractivity contribution in [1.82, 2.24) is 9.94 Å². The second-order valence-electron chi connectivity index (χ2n) is 3.06. The van der Waals surface area contributed by atoms with E-state index >= 15 is 0 Å². The van der Waals surface area contributed by atoms with Gasteiger partial charge in [-0.05, 0) is 34.7 Å². The molecule has 0 saturated carbocycles. The zero-order valence-electron chi connectivity index (χ0n) is 8.10. The number of nitrogens with zero attached hydrogens (tertiary/aromatic N) is 2. The van der Waals surface area contributed by atoms with Gasteiger partial charge in [-0.3, -0.25) is 0 Å². The summed E-state index contributed by atoms with van der Waals surface area (Å²) in [6, 6.07) is 7.54. The first-order chi connectivity index (χ1) is 7.66. The molecule has 1 aromatic carbocycles. The Bertz CT molecular complexity index is 481. The molecule has 2 aromatic rings. The first kappa shape index (κ1) is 11.7. The summed E-state index contributed by atoms with van der Waals surface area (Å²) in [4.78, 5) is 0.723. The Labute approximate surface area is 114 Å². The van der Waals surface area contributed by atoms with Crippen LogP contribution in [0.1, 0.15) is 5.56 Å². The quantitative estimate of drug-likeness (QED) is 0.642. The topological polar surface area (TPSA) is 47.3 Å². The van der Waals surface area contributed by atoms with E-state index in [4.69, 9.17) is 9.94 Å². The molecule has 16 heavy (non-hydrogen) atoms. The van der Waals surface area contributed by atoms with Gasteiger partial charge in [0.2, 0.25) is 5.88 Å². The smallest absolute Gasteiger partial charge is 0.236 e. The van der Waals surface area contributed by atoms with Crippen LogP contribution in [0.3, 0.4) is 0 Å². The predicted octanol–water partition coefficient (Wildman–Crippen LogP) is 3.07. The summed E-state index contributed by atoms with van der Waals surface area (Å²) in [7, 11) is 0. The molecule has 0 radical (unpaired) electrons. The van der Waals surface area contributed by atoms with E-state index in [1.807, 2.05) is 18.2 Å². The largest absolute Gasteiger partial charge is 0.472 e. The van der Waals surface area contributed by atoms with Gasteiger partial charge in [0.05, 0.1) is 6.20 Å². The van der Waals surface area contributed by atoms with Crippen molar-refractivity contribution in [3.63, 3.8) is 0 Å². The number of ether oxygens (including phenoxy) is 1. The van der Waals surface area contributed by atoms with Gasteiger partial charge in [-0.2, -0.15) is 0 Å². The molecule has 0 spiro atoms. The number of rotatable bonds is 3. The maximum absolute atomic E-state index is 8.97. The third kappa shape index (κ3) is 2.67. The van der Waals surface area contributed by atoms with E-state index < -0.39 is 0 Å². The maximum atomic E-state index is 8.97. The highest BCUT2D eigenvalue weighted by molar-refractivity contribution is 14.1. The molecule has 4 nitrogen and oxygen atoms in total. The Morgan fingerprint density at radius 1 is 1.44 bits per heavy atom. The van der Waals surface area contributed by atoms with Gasteiger partial charge < -0.3 is 9.94 Å². The van der Waals surface area contributed by atoms with E-state index in [0.29, 0.717) is 12.5 Å². The Morgan fingerprint density at radius 2 is 2.25 bits per heavy atom. The molecular formula is C10H8BrIN2O2. The zero-order chi connectivity index (χ0) is 11.5. The first-order valence-electron chi connectivity index (χ1n) is 4.47. The van der Waals surface area contributed by atoms with Crippen LogP contribution in [0.5, 0.6) is 5.88 Å². The van der Waals surface area contributed by atoms with Crippen LogP contribution in [0.2, 0.25) is 0 Å². The van der Waals surface area contributed by atoms with Crippen molar-refractivity contribution in [3.8, 4) is 5.88 Å². The Hall–Kier alpha value is -0.760.